The molecule has 35 heavy (non-hydrogen) atoms. The molecule has 1 aliphatic carbocycles. The lowest BCUT2D eigenvalue weighted by atomic mass is 9.82. The SMILES string of the molecule is CC1(C)c2ccccc2-c2cc3c(cc21)oc1c(-c2ccc4sc5ccccc5c4c2)cccc13. The van der Waals surface area contributed by atoms with Crippen LogP contribution in [0.3, 0.4) is 0 Å². The first-order valence-electron chi connectivity index (χ1n) is 12.1. The van der Waals surface area contributed by atoms with E-state index in [1.165, 1.54) is 58.8 Å². The van der Waals surface area contributed by atoms with Crippen LogP contribution in [-0.2, 0) is 5.41 Å². The van der Waals surface area contributed by atoms with Gasteiger partial charge in [-0.1, -0.05) is 80.6 Å². The van der Waals surface area contributed by atoms with Crippen LogP contribution in [0.25, 0.3) is 64.4 Å². The van der Waals surface area contributed by atoms with Crippen molar-refractivity contribution in [2.45, 2.75) is 19.3 Å². The maximum Gasteiger partial charge on any atom is 0.143 e. The van der Waals surface area contributed by atoms with Crippen LogP contribution in [0, 0.1) is 0 Å². The van der Waals surface area contributed by atoms with Crippen LogP contribution in [0.5, 0.6) is 0 Å². The summed E-state index contributed by atoms with van der Waals surface area (Å²) in [5.74, 6) is 0. The first kappa shape index (κ1) is 19.4. The predicted octanol–water partition coefficient (Wildman–Crippen LogP) is 9.93. The molecule has 2 heteroatoms. The lowest BCUT2D eigenvalue weighted by molar-refractivity contribution is 0.648. The number of benzene rings is 5. The lowest BCUT2D eigenvalue weighted by Crippen LogP contribution is -2.14. The zero-order chi connectivity index (χ0) is 23.3. The fourth-order valence-electron chi connectivity index (χ4n) is 6.11. The molecule has 0 fully saturated rings. The zero-order valence-corrected chi connectivity index (χ0v) is 20.4. The van der Waals surface area contributed by atoms with Gasteiger partial charge in [0, 0.05) is 41.9 Å². The molecule has 2 aromatic heterocycles. The van der Waals surface area contributed by atoms with Gasteiger partial charge in [-0.25, -0.2) is 0 Å². The predicted molar refractivity (Wildman–Crippen MR) is 150 cm³/mol. The van der Waals surface area contributed by atoms with Crippen molar-refractivity contribution in [1.82, 2.24) is 0 Å². The highest BCUT2D eigenvalue weighted by Gasteiger charge is 2.36. The van der Waals surface area contributed by atoms with Crippen molar-refractivity contribution in [2.24, 2.45) is 0 Å². The topological polar surface area (TPSA) is 13.1 Å². The summed E-state index contributed by atoms with van der Waals surface area (Å²) in [4.78, 5) is 0. The van der Waals surface area contributed by atoms with Crippen LogP contribution in [0.2, 0.25) is 0 Å². The van der Waals surface area contributed by atoms with E-state index in [4.69, 9.17) is 4.42 Å². The molecule has 0 amide bonds. The van der Waals surface area contributed by atoms with Gasteiger partial charge in [0.2, 0.25) is 0 Å². The Kier molecular flexibility index (Phi) is 3.67. The lowest BCUT2D eigenvalue weighted by Gasteiger charge is -2.21. The van der Waals surface area contributed by atoms with E-state index >= 15 is 0 Å². The molecule has 166 valence electrons. The van der Waals surface area contributed by atoms with Gasteiger partial charge in [-0.05, 0) is 58.1 Å². The second-order valence-corrected chi connectivity index (χ2v) is 11.2. The van der Waals surface area contributed by atoms with Crippen molar-refractivity contribution < 1.29 is 4.42 Å². The number of thiophene rings is 1. The van der Waals surface area contributed by atoms with E-state index in [9.17, 15) is 0 Å². The van der Waals surface area contributed by atoms with Gasteiger partial charge < -0.3 is 4.42 Å². The molecule has 0 saturated carbocycles. The van der Waals surface area contributed by atoms with E-state index in [0.717, 1.165) is 16.7 Å². The highest BCUT2D eigenvalue weighted by Crippen LogP contribution is 2.51. The molecule has 5 aromatic carbocycles. The Hall–Kier alpha value is -3.88. The monoisotopic (exact) mass is 466 g/mol. The number of furan rings is 1. The van der Waals surface area contributed by atoms with E-state index in [0.29, 0.717) is 0 Å². The minimum Gasteiger partial charge on any atom is -0.455 e. The van der Waals surface area contributed by atoms with Gasteiger partial charge in [0.25, 0.3) is 0 Å². The largest absolute Gasteiger partial charge is 0.455 e. The Morgan fingerprint density at radius 3 is 2.29 bits per heavy atom. The summed E-state index contributed by atoms with van der Waals surface area (Å²) >= 11 is 1.86. The zero-order valence-electron chi connectivity index (χ0n) is 19.6. The molecule has 0 spiro atoms. The van der Waals surface area contributed by atoms with Crippen LogP contribution >= 0.6 is 11.3 Å². The third-order valence-electron chi connectivity index (χ3n) is 7.89. The average molecular weight is 467 g/mol. The number of fused-ring (bicyclic) bond motifs is 9. The van der Waals surface area contributed by atoms with E-state index in [2.05, 4.69) is 111 Å². The molecular formula is C33H22OS. The molecule has 0 bridgehead atoms. The van der Waals surface area contributed by atoms with Crippen molar-refractivity contribution in [3.8, 4) is 22.3 Å². The van der Waals surface area contributed by atoms with Crippen molar-refractivity contribution >= 4 is 53.4 Å². The number of rotatable bonds is 1. The molecule has 0 N–H and O–H groups in total. The van der Waals surface area contributed by atoms with Gasteiger partial charge in [0.1, 0.15) is 11.2 Å². The smallest absolute Gasteiger partial charge is 0.143 e. The summed E-state index contributed by atoms with van der Waals surface area (Å²) in [7, 11) is 0. The van der Waals surface area contributed by atoms with Crippen LogP contribution in [0.15, 0.2) is 101 Å². The molecule has 0 atom stereocenters. The van der Waals surface area contributed by atoms with Crippen molar-refractivity contribution in [1.29, 1.82) is 0 Å². The highest BCUT2D eigenvalue weighted by atomic mass is 32.1. The summed E-state index contributed by atoms with van der Waals surface area (Å²) in [6, 6.07) is 35.5. The third-order valence-corrected chi connectivity index (χ3v) is 9.04. The van der Waals surface area contributed by atoms with Gasteiger partial charge in [0.15, 0.2) is 0 Å². The summed E-state index contributed by atoms with van der Waals surface area (Å²) in [6.07, 6.45) is 0. The van der Waals surface area contributed by atoms with E-state index in [1.54, 1.807) is 0 Å². The molecule has 2 heterocycles. The minimum absolute atomic E-state index is 0.0348. The molecule has 0 aliphatic heterocycles. The molecule has 1 aliphatic rings. The first-order valence-corrected chi connectivity index (χ1v) is 12.9. The molecule has 8 rings (SSSR count). The van der Waals surface area contributed by atoms with E-state index < -0.39 is 0 Å². The van der Waals surface area contributed by atoms with Gasteiger partial charge in [-0.2, -0.15) is 0 Å². The quantitative estimate of drug-likeness (QED) is 0.235. The minimum atomic E-state index is -0.0348. The van der Waals surface area contributed by atoms with Crippen LogP contribution in [-0.4, -0.2) is 0 Å². The van der Waals surface area contributed by atoms with Gasteiger partial charge >= 0.3 is 0 Å². The van der Waals surface area contributed by atoms with E-state index in [1.807, 2.05) is 11.3 Å². The summed E-state index contributed by atoms with van der Waals surface area (Å²) in [6.45, 7) is 4.63. The van der Waals surface area contributed by atoms with Crippen LogP contribution < -0.4 is 0 Å². The number of hydrogen-bond acceptors (Lipinski definition) is 2. The molecule has 0 unspecified atom stereocenters. The standard InChI is InChI=1S/C33H22OS/c1-33(2)27-12-5-3-8-21(27)24-17-25-23-11-7-10-20(32(23)34-29(25)18-28(24)33)19-14-15-31-26(16-19)22-9-4-6-13-30(22)35-31/h3-18H,1-2H3. The van der Waals surface area contributed by atoms with Crippen molar-refractivity contribution in [3.05, 3.63) is 108 Å². The molecule has 1 nitrogen and oxygen atoms in total. The van der Waals surface area contributed by atoms with Crippen LogP contribution in [0.1, 0.15) is 25.0 Å². The fourth-order valence-corrected chi connectivity index (χ4v) is 7.20. The Bertz CT molecular complexity index is 1980. The second kappa shape index (κ2) is 6.62. The average Bonchev–Trinajstić information content (AvgIpc) is 3.51. The molecule has 7 aromatic rings. The summed E-state index contributed by atoms with van der Waals surface area (Å²) < 4.78 is 9.29. The number of para-hydroxylation sites is 1. The number of hydrogen-bond donors (Lipinski definition) is 0. The van der Waals surface area contributed by atoms with Crippen molar-refractivity contribution in [2.75, 3.05) is 0 Å². The van der Waals surface area contributed by atoms with Gasteiger partial charge in [0.05, 0.1) is 0 Å². The Labute approximate surface area is 207 Å². The second-order valence-electron chi connectivity index (χ2n) is 10.2. The van der Waals surface area contributed by atoms with Gasteiger partial charge in [-0.15, -0.1) is 11.3 Å². The summed E-state index contributed by atoms with van der Waals surface area (Å²) in [5.41, 5.74) is 9.66. The summed E-state index contributed by atoms with van der Waals surface area (Å²) in [5, 5.41) is 5.00. The van der Waals surface area contributed by atoms with E-state index in [-0.39, 0.29) is 5.41 Å². The maximum atomic E-state index is 6.64. The maximum absolute atomic E-state index is 6.64. The Morgan fingerprint density at radius 1 is 0.571 bits per heavy atom. The molecular weight excluding hydrogens is 444 g/mol. The van der Waals surface area contributed by atoms with Crippen LogP contribution in [0.4, 0.5) is 0 Å². The first-order chi connectivity index (χ1) is 17.1. The van der Waals surface area contributed by atoms with Crippen molar-refractivity contribution in [3.63, 3.8) is 0 Å². The Morgan fingerprint density at radius 2 is 1.34 bits per heavy atom. The molecule has 0 saturated heterocycles. The Balaban J connectivity index is 1.39. The fraction of sp³-hybridized carbons (Fsp3) is 0.0909. The normalized spacial score (nSPS) is 14.2. The molecule has 0 radical (unpaired) electrons. The third kappa shape index (κ3) is 2.53. The van der Waals surface area contributed by atoms with Gasteiger partial charge in [-0.3, -0.25) is 0 Å². The highest BCUT2D eigenvalue weighted by molar-refractivity contribution is 7.25.